The van der Waals surface area contributed by atoms with Gasteiger partial charge in [0.25, 0.3) is 5.91 Å². The Bertz CT molecular complexity index is 900. The van der Waals surface area contributed by atoms with Crippen LogP contribution in [-0.4, -0.2) is 42.5 Å². The summed E-state index contributed by atoms with van der Waals surface area (Å²) in [4.78, 5) is 25.9. The van der Waals surface area contributed by atoms with E-state index in [0.717, 1.165) is 0 Å². The van der Waals surface area contributed by atoms with Crippen molar-refractivity contribution in [2.45, 2.75) is 18.9 Å². The summed E-state index contributed by atoms with van der Waals surface area (Å²) in [6.07, 6.45) is 0.553. The lowest BCUT2D eigenvalue weighted by Crippen LogP contribution is -2.32. The van der Waals surface area contributed by atoms with Crippen LogP contribution < -0.4 is 14.8 Å². The number of ether oxygens (including phenoxy) is 2. The molecule has 8 heteroatoms. The van der Waals surface area contributed by atoms with Crippen molar-refractivity contribution in [3.05, 3.63) is 70.9 Å². The van der Waals surface area contributed by atoms with Crippen molar-refractivity contribution in [2.24, 2.45) is 0 Å². The van der Waals surface area contributed by atoms with Gasteiger partial charge < -0.3 is 19.7 Å². The van der Waals surface area contributed by atoms with E-state index in [0.29, 0.717) is 53.2 Å². The molecule has 30 heavy (non-hydrogen) atoms. The summed E-state index contributed by atoms with van der Waals surface area (Å²) in [5, 5.41) is 3.92. The molecule has 0 aliphatic carbocycles. The predicted octanol–water partition coefficient (Wildman–Crippen LogP) is 4.07. The number of likely N-dealkylation sites (tertiary alicyclic amines) is 1. The monoisotopic (exact) mass is 448 g/mol. The van der Waals surface area contributed by atoms with Gasteiger partial charge in [-0.2, -0.15) is 0 Å². The Labute approximate surface area is 185 Å². The molecule has 6 nitrogen and oxygen atoms in total. The van der Waals surface area contributed by atoms with Crippen LogP contribution >= 0.6 is 23.2 Å². The fourth-order valence-electron chi connectivity index (χ4n) is 2.98. The highest BCUT2D eigenvalue weighted by atomic mass is 35.5. The van der Waals surface area contributed by atoms with Gasteiger partial charge in [-0.05, 0) is 48.5 Å². The predicted molar refractivity (Wildman–Crippen MR) is 116 cm³/mol. The molecular formula is C22H22Cl2N2O4. The molecule has 0 radical (unpaired) electrons. The largest absolute Gasteiger partial charge is 0.488 e. The van der Waals surface area contributed by atoms with Gasteiger partial charge in [0.2, 0.25) is 5.91 Å². The number of carbonyl (C=O) groups is 2. The Balaban J connectivity index is 1.37. The third kappa shape index (κ3) is 6.68. The van der Waals surface area contributed by atoms with E-state index in [9.17, 15) is 9.59 Å². The average molecular weight is 449 g/mol. The zero-order valence-corrected chi connectivity index (χ0v) is 17.8. The van der Waals surface area contributed by atoms with Gasteiger partial charge in [-0.3, -0.25) is 9.59 Å². The van der Waals surface area contributed by atoms with Gasteiger partial charge in [0, 0.05) is 28.7 Å². The second-order valence-electron chi connectivity index (χ2n) is 6.88. The molecule has 1 atom stereocenters. The quantitative estimate of drug-likeness (QED) is 0.627. The van der Waals surface area contributed by atoms with Crippen LogP contribution in [0.25, 0.3) is 0 Å². The first kappa shape index (κ1) is 22.0. The van der Waals surface area contributed by atoms with Gasteiger partial charge in [-0.15, -0.1) is 0 Å². The number of hydrogen-bond donors (Lipinski definition) is 1. The third-order valence-corrected chi connectivity index (χ3v) is 4.98. The fraction of sp³-hybridized carbons (Fsp3) is 0.273. The minimum atomic E-state index is -0.313. The van der Waals surface area contributed by atoms with Gasteiger partial charge in [0.05, 0.1) is 13.0 Å². The first-order valence-electron chi connectivity index (χ1n) is 9.45. The van der Waals surface area contributed by atoms with Crippen LogP contribution in [0.4, 0.5) is 0 Å². The van der Waals surface area contributed by atoms with Gasteiger partial charge in [-0.25, -0.2) is 0 Å². The molecule has 158 valence electrons. The van der Waals surface area contributed by atoms with E-state index in [4.69, 9.17) is 32.7 Å². The van der Waals surface area contributed by atoms with Gasteiger partial charge >= 0.3 is 0 Å². The number of hydrogen-bond acceptors (Lipinski definition) is 4. The number of benzene rings is 2. The van der Waals surface area contributed by atoms with E-state index in [-0.39, 0.29) is 24.5 Å². The van der Waals surface area contributed by atoms with Crippen LogP contribution in [-0.2, 0) is 9.59 Å². The van der Waals surface area contributed by atoms with Crippen molar-refractivity contribution in [1.29, 1.82) is 0 Å². The molecule has 1 fully saturated rings. The highest BCUT2D eigenvalue weighted by Crippen LogP contribution is 2.21. The zero-order valence-electron chi connectivity index (χ0n) is 16.3. The zero-order chi connectivity index (χ0) is 21.5. The normalized spacial score (nSPS) is 15.7. The lowest BCUT2D eigenvalue weighted by atomic mass is 10.3. The molecule has 1 N–H and O–H groups in total. The molecule has 0 spiro atoms. The van der Waals surface area contributed by atoms with E-state index in [2.05, 4.69) is 11.9 Å². The molecular weight excluding hydrogens is 427 g/mol. The minimum Gasteiger partial charge on any atom is -0.488 e. The molecule has 1 aliphatic heterocycles. The van der Waals surface area contributed by atoms with Crippen LogP contribution in [0.15, 0.2) is 60.8 Å². The van der Waals surface area contributed by atoms with Gasteiger partial charge in [0.1, 0.15) is 17.6 Å². The van der Waals surface area contributed by atoms with E-state index < -0.39 is 0 Å². The van der Waals surface area contributed by atoms with Crippen molar-refractivity contribution < 1.29 is 19.1 Å². The number of carbonyl (C=O) groups excluding carboxylic acids is 2. The van der Waals surface area contributed by atoms with Crippen LogP contribution in [0.5, 0.6) is 11.5 Å². The van der Waals surface area contributed by atoms with Crippen LogP contribution in [0.3, 0.4) is 0 Å². The molecule has 3 rings (SSSR count). The van der Waals surface area contributed by atoms with Crippen LogP contribution in [0.2, 0.25) is 10.0 Å². The van der Waals surface area contributed by atoms with E-state index in [1.54, 1.807) is 53.4 Å². The van der Waals surface area contributed by atoms with Crippen molar-refractivity contribution in [1.82, 2.24) is 10.2 Å². The molecule has 2 aromatic rings. The Hall–Kier alpha value is -2.70. The maximum Gasteiger partial charge on any atom is 0.262 e. The van der Waals surface area contributed by atoms with Crippen molar-refractivity contribution in [3.63, 3.8) is 0 Å². The molecule has 1 saturated heterocycles. The second kappa shape index (κ2) is 10.4. The Morgan fingerprint density at radius 3 is 2.30 bits per heavy atom. The molecule has 0 saturated carbocycles. The van der Waals surface area contributed by atoms with Crippen molar-refractivity contribution in [2.75, 3.05) is 19.7 Å². The highest BCUT2D eigenvalue weighted by molar-refractivity contribution is 6.30. The summed E-state index contributed by atoms with van der Waals surface area (Å²) < 4.78 is 11.2. The van der Waals surface area contributed by atoms with Gasteiger partial charge in [0.15, 0.2) is 6.61 Å². The molecule has 1 aliphatic rings. The SMILES string of the molecule is C=C(CCN1C[C@@H](Oc2ccc(Cl)cc2)CC1=O)NC(=O)COc1ccc(Cl)cc1. The lowest BCUT2D eigenvalue weighted by molar-refractivity contribution is -0.127. The maximum atomic E-state index is 12.2. The molecule has 0 aromatic heterocycles. The van der Waals surface area contributed by atoms with Gasteiger partial charge in [-0.1, -0.05) is 29.8 Å². The number of amides is 2. The number of nitrogens with zero attached hydrogens (tertiary/aromatic N) is 1. The topological polar surface area (TPSA) is 67.9 Å². The third-order valence-electron chi connectivity index (χ3n) is 4.48. The molecule has 0 unspecified atom stereocenters. The van der Waals surface area contributed by atoms with E-state index >= 15 is 0 Å². The van der Waals surface area contributed by atoms with Crippen LogP contribution in [0.1, 0.15) is 12.8 Å². The standard InChI is InChI=1S/C22H22Cl2N2O4/c1-15(25-21(27)14-29-18-6-2-16(23)3-7-18)10-11-26-13-20(12-22(26)28)30-19-8-4-17(24)5-9-19/h2-9,20H,1,10-14H2,(H,25,27)/t20-/m0/s1. The molecule has 0 bridgehead atoms. The molecule has 2 amide bonds. The first-order valence-corrected chi connectivity index (χ1v) is 10.2. The Morgan fingerprint density at radius 2 is 1.67 bits per heavy atom. The fourth-order valence-corrected chi connectivity index (χ4v) is 3.23. The van der Waals surface area contributed by atoms with Crippen molar-refractivity contribution >= 4 is 35.0 Å². The Kier molecular flexibility index (Phi) is 7.60. The first-order chi connectivity index (χ1) is 14.4. The summed E-state index contributed by atoms with van der Waals surface area (Å²) in [5.41, 5.74) is 0.523. The highest BCUT2D eigenvalue weighted by Gasteiger charge is 2.30. The lowest BCUT2D eigenvalue weighted by Gasteiger charge is -2.18. The van der Waals surface area contributed by atoms with Crippen LogP contribution in [0, 0.1) is 0 Å². The molecule has 2 aromatic carbocycles. The number of rotatable bonds is 9. The minimum absolute atomic E-state index is 0.0131. The average Bonchev–Trinajstić information content (AvgIpc) is 3.07. The molecule has 1 heterocycles. The summed E-state index contributed by atoms with van der Waals surface area (Å²) in [7, 11) is 0. The van der Waals surface area contributed by atoms with E-state index in [1.165, 1.54) is 0 Å². The number of halogens is 2. The van der Waals surface area contributed by atoms with Crippen molar-refractivity contribution in [3.8, 4) is 11.5 Å². The summed E-state index contributed by atoms with van der Waals surface area (Å²) >= 11 is 11.7. The summed E-state index contributed by atoms with van der Waals surface area (Å²) in [6, 6.07) is 13.8. The summed E-state index contributed by atoms with van der Waals surface area (Å²) in [6.45, 7) is 4.66. The smallest absolute Gasteiger partial charge is 0.262 e. The number of nitrogens with one attached hydrogen (secondary N) is 1. The van der Waals surface area contributed by atoms with E-state index in [1.807, 2.05) is 0 Å². The Morgan fingerprint density at radius 1 is 1.07 bits per heavy atom. The maximum absolute atomic E-state index is 12.2. The summed E-state index contributed by atoms with van der Waals surface area (Å²) in [5.74, 6) is 0.928. The second-order valence-corrected chi connectivity index (χ2v) is 7.75.